The second-order valence-corrected chi connectivity index (χ2v) is 6.59. The lowest BCUT2D eigenvalue weighted by molar-refractivity contribution is 0.0929. The van der Waals surface area contributed by atoms with Gasteiger partial charge in [0.25, 0.3) is 5.91 Å². The molecule has 0 aliphatic rings. The summed E-state index contributed by atoms with van der Waals surface area (Å²) in [6, 6.07) is 0. The first kappa shape index (κ1) is 15.8. The Morgan fingerprint density at radius 1 is 1.47 bits per heavy atom. The van der Waals surface area contributed by atoms with Crippen molar-refractivity contribution in [1.29, 1.82) is 0 Å². The van der Waals surface area contributed by atoms with E-state index in [4.69, 9.17) is 5.73 Å². The summed E-state index contributed by atoms with van der Waals surface area (Å²) < 4.78 is 0. The molecule has 1 aromatic rings. The zero-order valence-corrected chi connectivity index (χ0v) is 13.1. The van der Waals surface area contributed by atoms with E-state index in [-0.39, 0.29) is 11.3 Å². The second-order valence-electron chi connectivity index (χ2n) is 5.59. The highest BCUT2D eigenvalue weighted by atomic mass is 32.1. The first-order valence-corrected chi connectivity index (χ1v) is 7.38. The van der Waals surface area contributed by atoms with Crippen molar-refractivity contribution < 1.29 is 4.79 Å². The molecule has 108 valence electrons. The van der Waals surface area contributed by atoms with E-state index < -0.39 is 0 Å². The lowest BCUT2D eigenvalue weighted by atomic mass is 9.81. The summed E-state index contributed by atoms with van der Waals surface area (Å²) in [5, 5.41) is 6.69. The van der Waals surface area contributed by atoms with Gasteiger partial charge in [0.2, 0.25) is 0 Å². The molecule has 0 radical (unpaired) electrons. The molecule has 6 heteroatoms. The van der Waals surface area contributed by atoms with Crippen molar-refractivity contribution >= 4 is 28.2 Å². The highest BCUT2D eigenvalue weighted by Crippen LogP contribution is 2.27. The van der Waals surface area contributed by atoms with Gasteiger partial charge in [0.05, 0.1) is 0 Å². The van der Waals surface area contributed by atoms with Crippen molar-refractivity contribution in [3.63, 3.8) is 0 Å². The number of hydrogen-bond acceptors (Lipinski definition) is 5. The third-order valence-electron chi connectivity index (χ3n) is 3.46. The molecular weight excluding hydrogens is 260 g/mol. The van der Waals surface area contributed by atoms with Crippen molar-refractivity contribution in [1.82, 2.24) is 10.3 Å². The number of nitrogens with zero attached hydrogens (tertiary/aromatic N) is 1. The number of nitrogens with one attached hydrogen (secondary N) is 2. The van der Waals surface area contributed by atoms with Crippen LogP contribution in [0.3, 0.4) is 0 Å². The summed E-state index contributed by atoms with van der Waals surface area (Å²) in [5.41, 5.74) is 5.83. The van der Waals surface area contributed by atoms with Crippen LogP contribution in [0.2, 0.25) is 0 Å². The van der Waals surface area contributed by atoms with Gasteiger partial charge in [-0.05, 0) is 18.3 Å². The van der Waals surface area contributed by atoms with Crippen LogP contribution in [0, 0.1) is 11.3 Å². The molecule has 19 heavy (non-hydrogen) atoms. The Kier molecular flexibility index (Phi) is 5.17. The Morgan fingerprint density at radius 3 is 2.63 bits per heavy atom. The first-order chi connectivity index (χ1) is 8.77. The van der Waals surface area contributed by atoms with Crippen molar-refractivity contribution in [2.24, 2.45) is 11.3 Å². The van der Waals surface area contributed by atoms with Gasteiger partial charge >= 0.3 is 0 Å². The standard InChI is InChI=1S/C13H24N4OS/c1-6-15-12-17-10(14)9(19-12)11(18)16-7-13(4,5)8(2)3/h8H,6-7,14H2,1-5H3,(H,15,17)(H,16,18). The second kappa shape index (κ2) is 6.23. The number of aromatic nitrogens is 1. The molecule has 0 bridgehead atoms. The first-order valence-electron chi connectivity index (χ1n) is 6.56. The van der Waals surface area contributed by atoms with E-state index in [9.17, 15) is 4.79 Å². The minimum absolute atomic E-state index is 0.0552. The molecule has 1 aromatic heterocycles. The molecule has 0 aliphatic heterocycles. The van der Waals surface area contributed by atoms with E-state index in [2.05, 4.69) is 43.3 Å². The summed E-state index contributed by atoms with van der Waals surface area (Å²) in [5.74, 6) is 0.637. The number of thiazole rings is 1. The predicted molar refractivity (Wildman–Crippen MR) is 81.6 cm³/mol. The van der Waals surface area contributed by atoms with E-state index in [0.29, 0.717) is 28.3 Å². The molecule has 0 saturated heterocycles. The highest BCUT2D eigenvalue weighted by Gasteiger charge is 2.24. The normalized spacial score (nSPS) is 11.7. The molecule has 5 nitrogen and oxygen atoms in total. The molecule has 1 heterocycles. The topological polar surface area (TPSA) is 80.0 Å². The zero-order valence-electron chi connectivity index (χ0n) is 12.3. The van der Waals surface area contributed by atoms with Gasteiger partial charge in [0.15, 0.2) is 5.13 Å². The van der Waals surface area contributed by atoms with E-state index in [1.165, 1.54) is 11.3 Å². The van der Waals surface area contributed by atoms with Gasteiger partial charge in [0.1, 0.15) is 10.7 Å². The van der Waals surface area contributed by atoms with Gasteiger partial charge in [-0.1, -0.05) is 39.0 Å². The summed E-state index contributed by atoms with van der Waals surface area (Å²) in [7, 11) is 0. The summed E-state index contributed by atoms with van der Waals surface area (Å²) >= 11 is 1.29. The minimum Gasteiger partial charge on any atom is -0.382 e. The van der Waals surface area contributed by atoms with Crippen LogP contribution in [0.1, 0.15) is 44.3 Å². The Labute approximate surface area is 119 Å². The summed E-state index contributed by atoms with van der Waals surface area (Å²) in [6.45, 7) is 11.9. The molecule has 0 aliphatic carbocycles. The van der Waals surface area contributed by atoms with Crippen LogP contribution < -0.4 is 16.4 Å². The molecule has 4 N–H and O–H groups in total. The van der Waals surface area contributed by atoms with Gasteiger partial charge in [-0.2, -0.15) is 0 Å². The van der Waals surface area contributed by atoms with Crippen LogP contribution >= 0.6 is 11.3 Å². The molecule has 0 atom stereocenters. The fourth-order valence-electron chi connectivity index (χ4n) is 1.31. The van der Waals surface area contributed by atoms with Crippen molar-refractivity contribution in [3.8, 4) is 0 Å². The number of nitrogens with two attached hydrogens (primary N) is 1. The van der Waals surface area contributed by atoms with Crippen LogP contribution in [0.25, 0.3) is 0 Å². The molecule has 0 fully saturated rings. The van der Waals surface area contributed by atoms with Crippen LogP contribution in [-0.2, 0) is 0 Å². The monoisotopic (exact) mass is 284 g/mol. The number of rotatable bonds is 6. The predicted octanol–water partition coefficient (Wildman–Crippen LogP) is 2.57. The van der Waals surface area contributed by atoms with Gasteiger partial charge < -0.3 is 16.4 Å². The lowest BCUT2D eigenvalue weighted by Crippen LogP contribution is -2.36. The highest BCUT2D eigenvalue weighted by molar-refractivity contribution is 7.18. The molecule has 0 saturated carbocycles. The molecule has 0 unspecified atom stereocenters. The van der Waals surface area contributed by atoms with Gasteiger partial charge in [-0.25, -0.2) is 4.98 Å². The third-order valence-corrected chi connectivity index (χ3v) is 4.48. The average Bonchev–Trinajstić information content (AvgIpc) is 2.68. The van der Waals surface area contributed by atoms with Gasteiger partial charge in [-0.3, -0.25) is 4.79 Å². The number of hydrogen-bond donors (Lipinski definition) is 3. The van der Waals surface area contributed by atoms with E-state index >= 15 is 0 Å². The number of anilines is 2. The average molecular weight is 284 g/mol. The van der Waals surface area contributed by atoms with Crippen LogP contribution in [0.15, 0.2) is 0 Å². The molecule has 1 rings (SSSR count). The maximum absolute atomic E-state index is 12.1. The van der Waals surface area contributed by atoms with Crippen molar-refractivity contribution in [3.05, 3.63) is 4.88 Å². The van der Waals surface area contributed by atoms with Crippen LogP contribution in [-0.4, -0.2) is 24.0 Å². The molecule has 1 amide bonds. The van der Waals surface area contributed by atoms with E-state index in [1.54, 1.807) is 0 Å². The Morgan fingerprint density at radius 2 is 2.11 bits per heavy atom. The van der Waals surface area contributed by atoms with E-state index in [0.717, 1.165) is 6.54 Å². The van der Waals surface area contributed by atoms with Crippen LogP contribution in [0.5, 0.6) is 0 Å². The minimum atomic E-state index is -0.145. The Hall–Kier alpha value is -1.30. The van der Waals surface area contributed by atoms with Gasteiger partial charge in [0, 0.05) is 13.1 Å². The zero-order chi connectivity index (χ0) is 14.6. The van der Waals surface area contributed by atoms with Crippen molar-refractivity contribution in [2.45, 2.75) is 34.6 Å². The SMILES string of the molecule is CCNc1nc(N)c(C(=O)NCC(C)(C)C(C)C)s1. The Bertz CT molecular complexity index is 440. The molecule has 0 aromatic carbocycles. The Balaban J connectivity index is 2.68. The fourth-order valence-corrected chi connectivity index (χ4v) is 2.18. The largest absolute Gasteiger partial charge is 0.382 e. The van der Waals surface area contributed by atoms with E-state index in [1.807, 2.05) is 6.92 Å². The summed E-state index contributed by atoms with van der Waals surface area (Å²) in [4.78, 5) is 16.7. The number of carbonyl (C=O) groups excluding carboxylic acids is 1. The maximum Gasteiger partial charge on any atom is 0.265 e. The maximum atomic E-state index is 12.1. The van der Waals surface area contributed by atoms with Crippen LogP contribution in [0.4, 0.5) is 10.9 Å². The third kappa shape index (κ3) is 4.09. The summed E-state index contributed by atoms with van der Waals surface area (Å²) in [6.07, 6.45) is 0. The van der Waals surface area contributed by atoms with Gasteiger partial charge in [-0.15, -0.1) is 0 Å². The fraction of sp³-hybridized carbons (Fsp3) is 0.692. The van der Waals surface area contributed by atoms with Crippen molar-refractivity contribution in [2.75, 3.05) is 24.1 Å². The molecular formula is C13H24N4OS. The smallest absolute Gasteiger partial charge is 0.265 e. The molecule has 0 spiro atoms. The lowest BCUT2D eigenvalue weighted by Gasteiger charge is -2.29. The quantitative estimate of drug-likeness (QED) is 0.750. The number of nitrogen functional groups attached to an aromatic ring is 1. The number of amides is 1. The number of carbonyl (C=O) groups is 1.